The van der Waals surface area contributed by atoms with E-state index >= 15 is 0 Å². The van der Waals surface area contributed by atoms with E-state index < -0.39 is 30.1 Å². The van der Waals surface area contributed by atoms with Gasteiger partial charge in [-0.25, -0.2) is 9.59 Å². The number of hydrogen-bond acceptors (Lipinski definition) is 4. The molecule has 168 valence electrons. The Hall–Kier alpha value is -3.61. The Labute approximate surface area is 187 Å². The number of hydrogen-bond donors (Lipinski definition) is 3. The normalized spacial score (nSPS) is 13.9. The summed E-state index contributed by atoms with van der Waals surface area (Å²) >= 11 is 0. The van der Waals surface area contributed by atoms with Gasteiger partial charge in [0.2, 0.25) is 5.91 Å². The number of nitrogens with one attached hydrogen (secondary N) is 2. The smallest absolute Gasteiger partial charge is 0.407 e. The number of carboxylic acid groups (broad SMARTS) is 1. The van der Waals surface area contributed by atoms with Gasteiger partial charge in [0.1, 0.15) is 12.6 Å². The van der Waals surface area contributed by atoms with Crippen LogP contribution in [0.5, 0.6) is 0 Å². The van der Waals surface area contributed by atoms with Crippen LogP contribution in [0.3, 0.4) is 0 Å². The third-order valence-corrected chi connectivity index (χ3v) is 5.63. The lowest BCUT2D eigenvalue weighted by atomic mass is 9.98. The molecule has 0 spiro atoms. The Morgan fingerprint density at radius 1 is 1.06 bits per heavy atom. The second-order valence-corrected chi connectivity index (χ2v) is 7.76. The number of rotatable bonds is 10. The maximum absolute atomic E-state index is 12.4. The van der Waals surface area contributed by atoms with Gasteiger partial charge in [-0.1, -0.05) is 61.5 Å². The Bertz CT molecular complexity index is 958. The average Bonchev–Trinajstić information content (AvgIpc) is 3.10. The number of carbonyl (C=O) groups is 3. The highest BCUT2D eigenvalue weighted by Gasteiger charge is 2.29. The van der Waals surface area contributed by atoms with E-state index in [0.717, 1.165) is 22.3 Å². The SMILES string of the molecule is C=CCC(NC(=O)C[C@H](CC)NC(=O)OCC1c2ccccc2-c2ccccc21)C(=O)O. The molecule has 2 aromatic carbocycles. The molecule has 0 saturated carbocycles. The fraction of sp³-hybridized carbons (Fsp3) is 0.320. The number of amides is 2. The summed E-state index contributed by atoms with van der Waals surface area (Å²) in [6, 6.07) is 14.6. The predicted octanol–water partition coefficient (Wildman–Crippen LogP) is 3.84. The first-order chi connectivity index (χ1) is 15.4. The van der Waals surface area contributed by atoms with Crippen molar-refractivity contribution in [3.8, 4) is 11.1 Å². The van der Waals surface area contributed by atoms with Gasteiger partial charge in [-0.2, -0.15) is 0 Å². The molecule has 0 heterocycles. The number of alkyl carbamates (subject to hydrolysis) is 1. The van der Waals surface area contributed by atoms with Crippen LogP contribution in [-0.2, 0) is 14.3 Å². The molecule has 7 nitrogen and oxygen atoms in total. The van der Waals surface area contributed by atoms with Gasteiger partial charge >= 0.3 is 12.1 Å². The van der Waals surface area contributed by atoms with Crippen molar-refractivity contribution < 1.29 is 24.2 Å². The topological polar surface area (TPSA) is 105 Å². The Morgan fingerprint density at radius 2 is 1.66 bits per heavy atom. The molecular formula is C25H28N2O5. The first-order valence-corrected chi connectivity index (χ1v) is 10.7. The van der Waals surface area contributed by atoms with Gasteiger partial charge < -0.3 is 20.5 Å². The van der Waals surface area contributed by atoms with Crippen molar-refractivity contribution in [1.29, 1.82) is 0 Å². The van der Waals surface area contributed by atoms with Crippen LogP contribution in [0.15, 0.2) is 61.2 Å². The van der Waals surface area contributed by atoms with Crippen LogP contribution in [0.2, 0.25) is 0 Å². The summed E-state index contributed by atoms with van der Waals surface area (Å²) in [7, 11) is 0. The largest absolute Gasteiger partial charge is 0.480 e. The fourth-order valence-corrected chi connectivity index (χ4v) is 3.97. The molecule has 1 aliphatic rings. The second kappa shape index (κ2) is 10.6. The molecule has 3 rings (SSSR count). The number of aliphatic carboxylic acids is 1. The lowest BCUT2D eigenvalue weighted by Crippen LogP contribution is -2.44. The molecule has 32 heavy (non-hydrogen) atoms. The van der Waals surface area contributed by atoms with Crippen LogP contribution in [0.25, 0.3) is 11.1 Å². The van der Waals surface area contributed by atoms with E-state index in [4.69, 9.17) is 9.84 Å². The number of benzene rings is 2. The van der Waals surface area contributed by atoms with Gasteiger partial charge in [0, 0.05) is 18.4 Å². The Morgan fingerprint density at radius 3 is 2.19 bits per heavy atom. The lowest BCUT2D eigenvalue weighted by Gasteiger charge is -2.20. The van der Waals surface area contributed by atoms with Crippen molar-refractivity contribution >= 4 is 18.0 Å². The monoisotopic (exact) mass is 436 g/mol. The van der Waals surface area contributed by atoms with E-state index in [9.17, 15) is 14.4 Å². The second-order valence-electron chi connectivity index (χ2n) is 7.76. The van der Waals surface area contributed by atoms with Gasteiger partial charge in [-0.15, -0.1) is 6.58 Å². The fourth-order valence-electron chi connectivity index (χ4n) is 3.97. The quantitative estimate of drug-likeness (QED) is 0.491. The third-order valence-electron chi connectivity index (χ3n) is 5.63. The highest BCUT2D eigenvalue weighted by molar-refractivity contribution is 5.84. The Kier molecular flexibility index (Phi) is 7.65. The molecule has 0 bridgehead atoms. The predicted molar refractivity (Wildman–Crippen MR) is 121 cm³/mol. The maximum atomic E-state index is 12.4. The summed E-state index contributed by atoms with van der Waals surface area (Å²) in [6.45, 7) is 5.52. The first-order valence-electron chi connectivity index (χ1n) is 10.7. The standard InChI is InChI=1S/C25H28N2O5/c1-3-9-22(24(29)30)27-23(28)14-16(4-2)26-25(31)32-15-21-19-12-7-5-10-17(19)18-11-6-8-13-20(18)21/h3,5-8,10-13,16,21-22H,1,4,9,14-15H2,2H3,(H,26,31)(H,27,28)(H,29,30)/t16-,22?/m0/s1. The zero-order chi connectivity index (χ0) is 23.1. The summed E-state index contributed by atoms with van der Waals surface area (Å²) in [5, 5.41) is 14.3. The van der Waals surface area contributed by atoms with Crippen molar-refractivity contribution in [3.63, 3.8) is 0 Å². The molecule has 1 aliphatic carbocycles. The van der Waals surface area contributed by atoms with Crippen LogP contribution in [0.4, 0.5) is 4.79 Å². The molecule has 2 amide bonds. The number of fused-ring (bicyclic) bond motifs is 3. The molecule has 2 atom stereocenters. The van der Waals surface area contributed by atoms with E-state index in [1.807, 2.05) is 43.3 Å². The molecule has 2 aromatic rings. The molecule has 7 heteroatoms. The Balaban J connectivity index is 1.56. The minimum absolute atomic E-state index is 0.0401. The van der Waals surface area contributed by atoms with Gasteiger partial charge in [-0.05, 0) is 35.1 Å². The summed E-state index contributed by atoms with van der Waals surface area (Å²) in [5.41, 5.74) is 4.53. The molecule has 0 aromatic heterocycles. The minimum atomic E-state index is -1.13. The maximum Gasteiger partial charge on any atom is 0.407 e. The van der Waals surface area contributed by atoms with Gasteiger partial charge in [0.25, 0.3) is 0 Å². The van der Waals surface area contributed by atoms with Gasteiger partial charge in [0.05, 0.1) is 0 Å². The van der Waals surface area contributed by atoms with Crippen molar-refractivity contribution in [1.82, 2.24) is 10.6 Å². The van der Waals surface area contributed by atoms with E-state index in [0.29, 0.717) is 6.42 Å². The van der Waals surface area contributed by atoms with Crippen LogP contribution in [-0.4, -0.2) is 41.8 Å². The summed E-state index contributed by atoms with van der Waals surface area (Å²) in [5.74, 6) is -1.63. The highest BCUT2D eigenvalue weighted by atomic mass is 16.5. The van der Waals surface area contributed by atoms with E-state index in [2.05, 4.69) is 29.3 Å². The number of carbonyl (C=O) groups excluding carboxylic acids is 2. The van der Waals surface area contributed by atoms with Crippen LogP contribution in [0, 0.1) is 0 Å². The average molecular weight is 437 g/mol. The molecule has 0 aliphatic heterocycles. The summed E-state index contributed by atoms with van der Waals surface area (Å²) < 4.78 is 5.52. The number of carboxylic acids is 1. The first kappa shape index (κ1) is 23.1. The number of ether oxygens (including phenoxy) is 1. The molecule has 0 radical (unpaired) electrons. The lowest BCUT2D eigenvalue weighted by molar-refractivity contribution is -0.141. The minimum Gasteiger partial charge on any atom is -0.480 e. The van der Waals surface area contributed by atoms with Crippen molar-refractivity contribution in [2.75, 3.05) is 6.61 Å². The summed E-state index contributed by atoms with van der Waals surface area (Å²) in [6.07, 6.45) is 1.41. The van der Waals surface area contributed by atoms with Gasteiger partial charge in [0.15, 0.2) is 0 Å². The van der Waals surface area contributed by atoms with Crippen molar-refractivity contribution in [2.24, 2.45) is 0 Å². The highest BCUT2D eigenvalue weighted by Crippen LogP contribution is 2.44. The summed E-state index contributed by atoms with van der Waals surface area (Å²) in [4.78, 5) is 35.9. The van der Waals surface area contributed by atoms with Crippen LogP contribution < -0.4 is 10.6 Å². The van der Waals surface area contributed by atoms with Gasteiger partial charge in [-0.3, -0.25) is 4.79 Å². The van der Waals surface area contributed by atoms with E-state index in [1.54, 1.807) is 0 Å². The molecule has 0 saturated heterocycles. The molecule has 1 unspecified atom stereocenters. The molecule has 3 N–H and O–H groups in total. The van der Waals surface area contributed by atoms with Crippen molar-refractivity contribution in [2.45, 2.75) is 44.2 Å². The zero-order valence-corrected chi connectivity index (χ0v) is 18.0. The van der Waals surface area contributed by atoms with E-state index in [1.165, 1.54) is 6.08 Å². The van der Waals surface area contributed by atoms with Crippen molar-refractivity contribution in [3.05, 3.63) is 72.3 Å². The van der Waals surface area contributed by atoms with Crippen LogP contribution >= 0.6 is 0 Å². The van der Waals surface area contributed by atoms with Crippen LogP contribution in [0.1, 0.15) is 43.2 Å². The third kappa shape index (κ3) is 5.35. The molecular weight excluding hydrogens is 408 g/mol. The molecule has 0 fully saturated rings. The van der Waals surface area contributed by atoms with E-state index in [-0.39, 0.29) is 25.4 Å². The zero-order valence-electron chi connectivity index (χ0n) is 18.0.